The van der Waals surface area contributed by atoms with Crippen molar-refractivity contribution >= 4 is 11.0 Å². The van der Waals surface area contributed by atoms with E-state index in [1.54, 1.807) is 0 Å². The molecule has 0 aliphatic carbocycles. The number of aryl methyl sites for hydroxylation is 1. The highest BCUT2D eigenvalue weighted by Gasteiger charge is 2.11. The lowest BCUT2D eigenvalue weighted by atomic mass is 10.1. The molecular weight excluding hydrogens is 198 g/mol. The molecule has 0 fully saturated rings. The Hall–Kier alpha value is -1.28. The Morgan fingerprint density at radius 3 is 2.62 bits per heavy atom. The fourth-order valence-electron chi connectivity index (χ4n) is 1.70. The SMILES string of the molecule is Cc1cccc2cc(CNC(C)(C)C)oc12. The van der Waals surface area contributed by atoms with Crippen molar-refractivity contribution in [2.24, 2.45) is 0 Å². The predicted octanol–water partition coefficient (Wildman–Crippen LogP) is 3.63. The minimum absolute atomic E-state index is 0.119. The highest BCUT2D eigenvalue weighted by molar-refractivity contribution is 5.80. The monoisotopic (exact) mass is 217 g/mol. The summed E-state index contributed by atoms with van der Waals surface area (Å²) >= 11 is 0. The molecule has 2 aromatic rings. The molecule has 2 rings (SSSR count). The van der Waals surface area contributed by atoms with Crippen LogP contribution < -0.4 is 5.32 Å². The minimum atomic E-state index is 0.119. The molecule has 86 valence electrons. The van der Waals surface area contributed by atoms with Gasteiger partial charge in [0.25, 0.3) is 0 Å². The molecule has 0 aliphatic heterocycles. The Labute approximate surface area is 96.6 Å². The maximum Gasteiger partial charge on any atom is 0.137 e. The lowest BCUT2D eigenvalue weighted by Gasteiger charge is -2.19. The molecule has 0 bridgehead atoms. The van der Waals surface area contributed by atoms with Crippen LogP contribution >= 0.6 is 0 Å². The first-order valence-corrected chi connectivity index (χ1v) is 5.69. The van der Waals surface area contributed by atoms with Gasteiger partial charge in [-0.25, -0.2) is 0 Å². The van der Waals surface area contributed by atoms with Crippen LogP contribution in [0.25, 0.3) is 11.0 Å². The lowest BCUT2D eigenvalue weighted by molar-refractivity contribution is 0.395. The quantitative estimate of drug-likeness (QED) is 0.831. The number of furan rings is 1. The molecule has 16 heavy (non-hydrogen) atoms. The largest absolute Gasteiger partial charge is 0.459 e. The topological polar surface area (TPSA) is 25.2 Å². The first kappa shape index (κ1) is 11.2. The maximum absolute atomic E-state index is 5.83. The van der Waals surface area contributed by atoms with Crippen LogP contribution in [0.3, 0.4) is 0 Å². The van der Waals surface area contributed by atoms with Crippen LogP contribution in [-0.4, -0.2) is 5.54 Å². The number of hydrogen-bond acceptors (Lipinski definition) is 2. The van der Waals surface area contributed by atoms with E-state index >= 15 is 0 Å². The lowest BCUT2D eigenvalue weighted by Crippen LogP contribution is -2.34. The van der Waals surface area contributed by atoms with E-state index in [1.165, 1.54) is 10.9 Å². The summed E-state index contributed by atoms with van der Waals surface area (Å²) in [6, 6.07) is 8.34. The number of nitrogens with one attached hydrogen (secondary N) is 1. The molecule has 2 heteroatoms. The van der Waals surface area contributed by atoms with Crippen LogP contribution in [0.1, 0.15) is 32.1 Å². The zero-order valence-electron chi connectivity index (χ0n) is 10.4. The van der Waals surface area contributed by atoms with E-state index in [2.05, 4.69) is 57.3 Å². The van der Waals surface area contributed by atoms with Gasteiger partial charge in [-0.15, -0.1) is 0 Å². The Bertz CT molecular complexity index is 491. The zero-order chi connectivity index (χ0) is 11.8. The second-order valence-electron chi connectivity index (χ2n) is 5.31. The molecule has 0 spiro atoms. The fraction of sp³-hybridized carbons (Fsp3) is 0.429. The van der Waals surface area contributed by atoms with Gasteiger partial charge in [-0.3, -0.25) is 0 Å². The smallest absolute Gasteiger partial charge is 0.137 e. The predicted molar refractivity (Wildman–Crippen MR) is 67.5 cm³/mol. The highest BCUT2D eigenvalue weighted by Crippen LogP contribution is 2.22. The van der Waals surface area contributed by atoms with Gasteiger partial charge in [-0.1, -0.05) is 18.2 Å². The summed E-state index contributed by atoms with van der Waals surface area (Å²) in [6.07, 6.45) is 0. The van der Waals surface area contributed by atoms with Gasteiger partial charge in [0.05, 0.1) is 6.54 Å². The minimum Gasteiger partial charge on any atom is -0.459 e. The van der Waals surface area contributed by atoms with Crippen LogP contribution in [0.5, 0.6) is 0 Å². The van der Waals surface area contributed by atoms with E-state index in [0.29, 0.717) is 0 Å². The molecule has 1 N–H and O–H groups in total. The third-order valence-corrected chi connectivity index (χ3v) is 2.58. The number of benzene rings is 1. The second kappa shape index (κ2) is 3.95. The van der Waals surface area contributed by atoms with Gasteiger partial charge in [-0.05, 0) is 39.3 Å². The Kier molecular flexibility index (Phi) is 2.76. The Morgan fingerprint density at radius 1 is 1.25 bits per heavy atom. The summed E-state index contributed by atoms with van der Waals surface area (Å²) in [7, 11) is 0. The number of hydrogen-bond donors (Lipinski definition) is 1. The van der Waals surface area contributed by atoms with Gasteiger partial charge >= 0.3 is 0 Å². The standard InChI is InChI=1S/C14H19NO/c1-10-6-5-7-11-8-12(16-13(10)11)9-15-14(2,3)4/h5-8,15H,9H2,1-4H3. The van der Waals surface area contributed by atoms with E-state index < -0.39 is 0 Å². The fourth-order valence-corrected chi connectivity index (χ4v) is 1.70. The molecule has 1 aromatic heterocycles. The number of para-hydroxylation sites is 1. The molecule has 2 nitrogen and oxygen atoms in total. The van der Waals surface area contributed by atoms with Crippen molar-refractivity contribution in [3.63, 3.8) is 0 Å². The third kappa shape index (κ3) is 2.45. The average Bonchev–Trinajstić information content (AvgIpc) is 2.58. The van der Waals surface area contributed by atoms with Crippen molar-refractivity contribution in [1.29, 1.82) is 0 Å². The summed E-state index contributed by atoms with van der Waals surface area (Å²) in [4.78, 5) is 0. The Morgan fingerprint density at radius 2 is 2.00 bits per heavy atom. The van der Waals surface area contributed by atoms with Crippen molar-refractivity contribution in [3.05, 3.63) is 35.6 Å². The summed E-state index contributed by atoms with van der Waals surface area (Å²) in [6.45, 7) is 9.31. The van der Waals surface area contributed by atoms with Crippen molar-refractivity contribution < 1.29 is 4.42 Å². The maximum atomic E-state index is 5.83. The zero-order valence-corrected chi connectivity index (χ0v) is 10.4. The van der Waals surface area contributed by atoms with Gasteiger partial charge < -0.3 is 9.73 Å². The molecule has 0 radical (unpaired) electrons. The first-order chi connectivity index (χ1) is 7.46. The van der Waals surface area contributed by atoms with Gasteiger partial charge in [0.15, 0.2) is 0 Å². The van der Waals surface area contributed by atoms with Crippen LogP contribution in [0, 0.1) is 6.92 Å². The van der Waals surface area contributed by atoms with Gasteiger partial charge in [0.1, 0.15) is 11.3 Å². The summed E-state index contributed by atoms with van der Waals surface area (Å²) < 4.78 is 5.83. The van der Waals surface area contributed by atoms with Crippen LogP contribution in [0.4, 0.5) is 0 Å². The van der Waals surface area contributed by atoms with E-state index in [0.717, 1.165) is 17.9 Å². The summed E-state index contributed by atoms with van der Waals surface area (Å²) in [5, 5.41) is 4.61. The second-order valence-corrected chi connectivity index (χ2v) is 5.31. The number of fused-ring (bicyclic) bond motifs is 1. The van der Waals surface area contributed by atoms with Crippen LogP contribution in [-0.2, 0) is 6.54 Å². The van der Waals surface area contributed by atoms with Gasteiger partial charge in [-0.2, -0.15) is 0 Å². The first-order valence-electron chi connectivity index (χ1n) is 5.69. The van der Waals surface area contributed by atoms with Gasteiger partial charge in [0, 0.05) is 10.9 Å². The molecule has 1 aromatic carbocycles. The summed E-state index contributed by atoms with van der Waals surface area (Å²) in [5.41, 5.74) is 2.32. The Balaban J connectivity index is 2.24. The molecular formula is C14H19NO. The van der Waals surface area contributed by atoms with E-state index in [1.807, 2.05) is 0 Å². The van der Waals surface area contributed by atoms with E-state index in [-0.39, 0.29) is 5.54 Å². The average molecular weight is 217 g/mol. The summed E-state index contributed by atoms with van der Waals surface area (Å²) in [5.74, 6) is 0.999. The number of rotatable bonds is 2. The van der Waals surface area contributed by atoms with Crippen molar-refractivity contribution in [3.8, 4) is 0 Å². The highest BCUT2D eigenvalue weighted by atomic mass is 16.3. The molecule has 1 heterocycles. The van der Waals surface area contributed by atoms with Crippen molar-refractivity contribution in [1.82, 2.24) is 5.32 Å². The third-order valence-electron chi connectivity index (χ3n) is 2.58. The van der Waals surface area contributed by atoms with Crippen LogP contribution in [0.15, 0.2) is 28.7 Å². The molecule has 0 aliphatic rings. The van der Waals surface area contributed by atoms with E-state index in [9.17, 15) is 0 Å². The molecule has 0 saturated heterocycles. The van der Waals surface area contributed by atoms with Crippen molar-refractivity contribution in [2.45, 2.75) is 39.8 Å². The molecule has 0 amide bonds. The molecule has 0 unspecified atom stereocenters. The van der Waals surface area contributed by atoms with Crippen molar-refractivity contribution in [2.75, 3.05) is 0 Å². The molecule has 0 saturated carbocycles. The normalized spacial score (nSPS) is 12.2. The van der Waals surface area contributed by atoms with E-state index in [4.69, 9.17) is 4.42 Å². The van der Waals surface area contributed by atoms with Crippen LogP contribution in [0.2, 0.25) is 0 Å². The molecule has 0 atom stereocenters. The van der Waals surface area contributed by atoms with Gasteiger partial charge in [0.2, 0.25) is 0 Å².